The number of carbonyl (C=O) groups is 4. The molecule has 2 aromatic carbocycles. The van der Waals surface area contributed by atoms with Crippen molar-refractivity contribution in [2.45, 2.75) is 55.6 Å². The van der Waals surface area contributed by atoms with Crippen molar-refractivity contribution in [3.63, 3.8) is 0 Å². The summed E-state index contributed by atoms with van der Waals surface area (Å²) in [5, 5.41) is 10.7. The van der Waals surface area contributed by atoms with Crippen LogP contribution in [0.3, 0.4) is 0 Å². The van der Waals surface area contributed by atoms with Crippen LogP contribution in [0.4, 0.5) is 10.7 Å². The second kappa shape index (κ2) is 15.9. The fourth-order valence-electron chi connectivity index (χ4n) is 5.13. The van der Waals surface area contributed by atoms with Crippen LogP contribution in [-0.4, -0.2) is 36.1 Å². The molecule has 0 aliphatic heterocycles. The van der Waals surface area contributed by atoms with E-state index in [9.17, 15) is 19.2 Å². The average Bonchev–Trinajstić information content (AvgIpc) is 3.64. The maximum atomic E-state index is 13.5. The molecule has 2 heterocycles. The molecule has 1 aliphatic rings. The summed E-state index contributed by atoms with van der Waals surface area (Å²) in [5.74, 6) is -1.49. The second-order valence-corrected chi connectivity index (χ2v) is 14.0. The number of amides is 3. The van der Waals surface area contributed by atoms with Gasteiger partial charge in [0, 0.05) is 25.9 Å². The molecule has 0 spiro atoms. The molecule has 11 heteroatoms. The summed E-state index contributed by atoms with van der Waals surface area (Å²) < 4.78 is 5.09. The van der Waals surface area contributed by atoms with Gasteiger partial charge in [0.25, 0.3) is 11.8 Å². The monoisotopic (exact) mass is 673 g/mol. The van der Waals surface area contributed by atoms with Gasteiger partial charge in [-0.1, -0.05) is 43.7 Å². The van der Waals surface area contributed by atoms with E-state index in [1.807, 2.05) is 36.6 Å². The Labute approximate surface area is 280 Å². The zero-order valence-electron chi connectivity index (χ0n) is 25.6. The van der Waals surface area contributed by atoms with Gasteiger partial charge in [-0.15, -0.1) is 34.4 Å². The first-order valence-corrected chi connectivity index (χ1v) is 17.7. The van der Waals surface area contributed by atoms with E-state index in [4.69, 9.17) is 4.74 Å². The molecule has 8 nitrogen and oxygen atoms in total. The van der Waals surface area contributed by atoms with E-state index in [1.54, 1.807) is 48.5 Å². The number of anilines is 2. The Kier molecular flexibility index (Phi) is 11.5. The Bertz CT molecular complexity index is 1730. The highest BCUT2D eigenvalue weighted by Gasteiger charge is 2.28. The molecule has 1 unspecified atom stereocenters. The maximum absolute atomic E-state index is 13.5. The molecular formula is C35H35N3O5S3. The van der Waals surface area contributed by atoms with Crippen molar-refractivity contribution >= 4 is 74.9 Å². The molecule has 0 saturated heterocycles. The highest BCUT2D eigenvalue weighted by Crippen LogP contribution is 2.39. The van der Waals surface area contributed by atoms with Gasteiger partial charge in [0.1, 0.15) is 10.7 Å². The number of thioether (sulfide) groups is 1. The van der Waals surface area contributed by atoms with E-state index in [0.29, 0.717) is 28.2 Å². The van der Waals surface area contributed by atoms with E-state index >= 15 is 0 Å². The van der Waals surface area contributed by atoms with Crippen LogP contribution in [-0.2, 0) is 27.2 Å². The number of nitrogens with one attached hydrogen (secondary N) is 3. The van der Waals surface area contributed by atoms with Gasteiger partial charge in [-0.2, -0.15) is 0 Å². The van der Waals surface area contributed by atoms with Crippen LogP contribution in [0, 0.1) is 0 Å². The molecule has 238 valence electrons. The summed E-state index contributed by atoms with van der Waals surface area (Å²) in [6.45, 7) is 1.94. The van der Waals surface area contributed by atoms with E-state index in [1.165, 1.54) is 41.5 Å². The summed E-state index contributed by atoms with van der Waals surface area (Å²) >= 11 is 4.30. The zero-order valence-corrected chi connectivity index (χ0v) is 28.0. The zero-order chi connectivity index (χ0) is 32.5. The number of fused-ring (bicyclic) bond motifs is 1. The minimum atomic E-state index is -0.475. The topological polar surface area (TPSA) is 114 Å². The molecule has 2 aromatic heterocycles. The first kappa shape index (κ1) is 33.2. The van der Waals surface area contributed by atoms with Crippen LogP contribution in [0.1, 0.15) is 68.6 Å². The Morgan fingerprint density at radius 2 is 1.76 bits per heavy atom. The van der Waals surface area contributed by atoms with Gasteiger partial charge in [-0.25, -0.2) is 4.79 Å². The number of esters is 1. The summed E-state index contributed by atoms with van der Waals surface area (Å²) in [5.41, 5.74) is 2.54. The van der Waals surface area contributed by atoms with Crippen molar-refractivity contribution in [2.24, 2.45) is 0 Å². The summed E-state index contributed by atoms with van der Waals surface area (Å²) in [7, 11) is 1.36. The van der Waals surface area contributed by atoms with Gasteiger partial charge >= 0.3 is 5.97 Å². The number of hydrogen-bond acceptors (Lipinski definition) is 8. The minimum Gasteiger partial charge on any atom is -0.465 e. The summed E-state index contributed by atoms with van der Waals surface area (Å²) in [4.78, 5) is 55.3. The Hall–Kier alpha value is -4.19. The predicted molar refractivity (Wildman–Crippen MR) is 187 cm³/mol. The smallest absolute Gasteiger partial charge is 0.341 e. The van der Waals surface area contributed by atoms with E-state index < -0.39 is 23.0 Å². The van der Waals surface area contributed by atoms with E-state index in [2.05, 4.69) is 16.0 Å². The van der Waals surface area contributed by atoms with E-state index in [0.717, 1.165) is 52.3 Å². The lowest BCUT2D eigenvalue weighted by molar-refractivity contribution is -0.116. The highest BCUT2D eigenvalue weighted by molar-refractivity contribution is 8.00. The number of hydrogen-bond donors (Lipinski definition) is 3. The Morgan fingerprint density at radius 1 is 0.957 bits per heavy atom. The van der Waals surface area contributed by atoms with Crippen molar-refractivity contribution in [2.75, 3.05) is 17.7 Å². The van der Waals surface area contributed by atoms with Crippen LogP contribution in [0.2, 0.25) is 0 Å². The number of methoxy groups -OCH3 is 1. The highest BCUT2D eigenvalue weighted by atomic mass is 32.2. The second-order valence-electron chi connectivity index (χ2n) is 10.6. The van der Waals surface area contributed by atoms with Crippen molar-refractivity contribution in [1.29, 1.82) is 0 Å². The molecule has 1 aliphatic carbocycles. The molecule has 0 radical (unpaired) electrons. The Morgan fingerprint density at radius 3 is 2.50 bits per heavy atom. The molecule has 1 atom stereocenters. The van der Waals surface area contributed by atoms with Crippen LogP contribution in [0.15, 0.2) is 82.7 Å². The van der Waals surface area contributed by atoms with Crippen molar-refractivity contribution in [3.8, 4) is 0 Å². The lowest BCUT2D eigenvalue weighted by Crippen LogP contribution is -2.30. The van der Waals surface area contributed by atoms with Gasteiger partial charge < -0.3 is 20.7 Å². The maximum Gasteiger partial charge on any atom is 0.341 e. The van der Waals surface area contributed by atoms with Crippen LogP contribution in [0.25, 0.3) is 6.08 Å². The predicted octanol–water partition coefficient (Wildman–Crippen LogP) is 7.78. The van der Waals surface area contributed by atoms with Crippen LogP contribution in [0.5, 0.6) is 0 Å². The Balaban J connectivity index is 1.29. The van der Waals surface area contributed by atoms with Gasteiger partial charge in [0.05, 0.1) is 17.9 Å². The molecule has 0 bridgehead atoms. The third-order valence-electron chi connectivity index (χ3n) is 7.44. The average molecular weight is 674 g/mol. The first-order valence-electron chi connectivity index (χ1n) is 15.1. The molecule has 0 saturated carbocycles. The van der Waals surface area contributed by atoms with Crippen molar-refractivity contribution < 1.29 is 23.9 Å². The number of thiophene rings is 2. The third-order valence-corrected chi connectivity index (χ3v) is 10.8. The van der Waals surface area contributed by atoms with Crippen molar-refractivity contribution in [1.82, 2.24) is 5.32 Å². The summed E-state index contributed by atoms with van der Waals surface area (Å²) in [6, 6.07) is 19.7. The van der Waals surface area contributed by atoms with Gasteiger partial charge in [0.15, 0.2) is 0 Å². The molecular weight excluding hydrogens is 639 g/mol. The summed E-state index contributed by atoms with van der Waals surface area (Å²) in [6.07, 6.45) is 7.07. The van der Waals surface area contributed by atoms with Gasteiger partial charge in [-0.3, -0.25) is 14.4 Å². The molecule has 3 N–H and O–H groups in total. The largest absolute Gasteiger partial charge is 0.465 e. The van der Waals surface area contributed by atoms with Gasteiger partial charge in [0.2, 0.25) is 5.91 Å². The molecule has 46 heavy (non-hydrogen) atoms. The molecule has 0 fully saturated rings. The van der Waals surface area contributed by atoms with Crippen LogP contribution >= 0.6 is 34.4 Å². The number of carbonyl (C=O) groups excluding carboxylic acids is 4. The SMILES string of the molecule is CCC(Sc1cccc(NC(=O)/C(=C/c2cccs2)NC(=O)c2ccccc2)c1)C(=O)Nc1sc2c(c1C(=O)OC)CCCCC2. The minimum absolute atomic E-state index is 0.107. The first-order chi connectivity index (χ1) is 22.4. The molecule has 5 rings (SSSR count). The lowest BCUT2D eigenvalue weighted by atomic mass is 10.1. The number of benzene rings is 2. The van der Waals surface area contributed by atoms with Gasteiger partial charge in [-0.05, 0) is 85.5 Å². The fraction of sp³-hybridized carbons (Fsp3) is 0.257. The number of aryl methyl sites for hydroxylation is 1. The standard InChI is InChI=1S/C35H35N3O5S3/c1-3-28(33(41)38-34-30(35(42)43-2)26-17-8-5-9-18-29(26)46-34)45-25-15-10-14-23(20-25)36-32(40)27(21-24-16-11-19-44-24)37-31(39)22-12-6-4-7-13-22/h4,6-7,10-16,19-21,28H,3,5,8-9,17-18H2,1-2H3,(H,36,40)(H,37,39)(H,38,41)/b27-21-. The number of rotatable bonds is 11. The number of ether oxygens (including phenoxy) is 1. The molecule has 3 amide bonds. The fourth-order valence-corrected chi connectivity index (χ4v) is 8.08. The van der Waals surface area contributed by atoms with Crippen LogP contribution < -0.4 is 16.0 Å². The van der Waals surface area contributed by atoms with Crippen molar-refractivity contribution in [3.05, 3.63) is 104 Å². The third kappa shape index (κ3) is 8.34. The molecule has 4 aromatic rings. The quantitative estimate of drug-likeness (QED) is 0.0649. The lowest BCUT2D eigenvalue weighted by Gasteiger charge is -2.16. The van der Waals surface area contributed by atoms with E-state index in [-0.39, 0.29) is 11.6 Å². The normalized spacial score (nSPS) is 13.6.